The van der Waals surface area contributed by atoms with E-state index in [0.717, 1.165) is 25.9 Å². The number of benzene rings is 1. The van der Waals surface area contributed by atoms with Crippen molar-refractivity contribution in [3.8, 4) is 0 Å². The van der Waals surface area contributed by atoms with Crippen LogP contribution >= 0.6 is 23.2 Å². The lowest BCUT2D eigenvalue weighted by molar-refractivity contribution is 0.222. The average Bonchev–Trinajstić information content (AvgIpc) is 3.14. The number of carbonyl (C=O) groups excluding carboxylic acids is 1. The molecule has 2 heterocycles. The SMILES string of the molecule is CNc1nc(Nc2ccc(Cl)c(Cl)c2)ncc1NC(=O)N1CCCC1. The molecule has 3 rings (SSSR count). The Balaban J connectivity index is 1.74. The number of carbonyl (C=O) groups is 1. The van der Waals surface area contributed by atoms with Crippen LogP contribution in [0, 0.1) is 0 Å². The van der Waals surface area contributed by atoms with Crippen LogP contribution in [0.2, 0.25) is 10.0 Å². The molecule has 0 atom stereocenters. The Labute approximate surface area is 155 Å². The number of urea groups is 1. The first-order valence-electron chi connectivity index (χ1n) is 7.89. The van der Waals surface area contributed by atoms with Crippen LogP contribution in [0.1, 0.15) is 12.8 Å². The maximum Gasteiger partial charge on any atom is 0.321 e. The van der Waals surface area contributed by atoms with E-state index < -0.39 is 0 Å². The fourth-order valence-electron chi connectivity index (χ4n) is 2.54. The van der Waals surface area contributed by atoms with Crippen LogP contribution < -0.4 is 16.0 Å². The van der Waals surface area contributed by atoms with E-state index in [1.165, 1.54) is 0 Å². The first-order chi connectivity index (χ1) is 12.1. The third-order valence-electron chi connectivity index (χ3n) is 3.84. The van der Waals surface area contributed by atoms with Crippen LogP contribution in [0.25, 0.3) is 0 Å². The fraction of sp³-hybridized carbons (Fsp3) is 0.312. The molecule has 9 heteroatoms. The Morgan fingerprint density at radius 1 is 1.20 bits per heavy atom. The number of anilines is 4. The zero-order valence-corrected chi connectivity index (χ0v) is 15.2. The topological polar surface area (TPSA) is 82.2 Å². The number of nitrogens with zero attached hydrogens (tertiary/aromatic N) is 3. The van der Waals surface area contributed by atoms with Gasteiger partial charge in [0.15, 0.2) is 5.82 Å². The molecular weight excluding hydrogens is 363 g/mol. The predicted molar refractivity (Wildman–Crippen MR) is 101 cm³/mol. The minimum absolute atomic E-state index is 0.136. The lowest BCUT2D eigenvalue weighted by atomic mass is 10.3. The van der Waals surface area contributed by atoms with Crippen molar-refractivity contribution in [3.05, 3.63) is 34.4 Å². The highest BCUT2D eigenvalue weighted by molar-refractivity contribution is 6.42. The lowest BCUT2D eigenvalue weighted by Crippen LogP contribution is -2.32. The Morgan fingerprint density at radius 2 is 1.96 bits per heavy atom. The summed E-state index contributed by atoms with van der Waals surface area (Å²) < 4.78 is 0. The van der Waals surface area contributed by atoms with Gasteiger partial charge in [-0.15, -0.1) is 0 Å². The quantitative estimate of drug-likeness (QED) is 0.740. The summed E-state index contributed by atoms with van der Waals surface area (Å²) in [6.45, 7) is 1.55. The molecule has 0 spiro atoms. The van der Waals surface area contributed by atoms with Gasteiger partial charge in [0.25, 0.3) is 0 Å². The molecule has 7 nitrogen and oxygen atoms in total. The Hall–Kier alpha value is -2.25. The third-order valence-corrected chi connectivity index (χ3v) is 4.58. The second-order valence-corrected chi connectivity index (χ2v) is 6.40. The molecule has 1 aliphatic heterocycles. The molecule has 1 aromatic heterocycles. The first kappa shape index (κ1) is 17.6. The van der Waals surface area contributed by atoms with E-state index in [1.807, 2.05) is 0 Å². The Bertz CT molecular complexity index is 779. The van der Waals surface area contributed by atoms with Crippen LogP contribution in [0.4, 0.5) is 27.9 Å². The van der Waals surface area contributed by atoms with E-state index in [-0.39, 0.29) is 6.03 Å². The Morgan fingerprint density at radius 3 is 2.64 bits per heavy atom. The van der Waals surface area contributed by atoms with Crippen LogP contribution in [-0.2, 0) is 0 Å². The molecule has 0 bridgehead atoms. The maximum atomic E-state index is 12.2. The number of aromatic nitrogens is 2. The van der Waals surface area contributed by atoms with E-state index in [2.05, 4.69) is 25.9 Å². The number of rotatable bonds is 4. The van der Waals surface area contributed by atoms with E-state index in [4.69, 9.17) is 23.2 Å². The van der Waals surface area contributed by atoms with Crippen molar-refractivity contribution in [2.45, 2.75) is 12.8 Å². The summed E-state index contributed by atoms with van der Waals surface area (Å²) in [7, 11) is 1.73. The zero-order chi connectivity index (χ0) is 17.8. The molecule has 0 radical (unpaired) electrons. The van der Waals surface area contributed by atoms with Gasteiger partial charge in [-0.25, -0.2) is 9.78 Å². The maximum absolute atomic E-state index is 12.2. The monoisotopic (exact) mass is 380 g/mol. The van der Waals surface area contributed by atoms with Crippen LogP contribution in [-0.4, -0.2) is 41.0 Å². The van der Waals surface area contributed by atoms with Crippen molar-refractivity contribution in [1.29, 1.82) is 0 Å². The van der Waals surface area contributed by atoms with Gasteiger partial charge in [0.2, 0.25) is 5.95 Å². The van der Waals surface area contributed by atoms with E-state index in [1.54, 1.807) is 36.3 Å². The second kappa shape index (κ2) is 7.76. The standard InChI is InChI=1S/C16H18Cl2N6O/c1-19-14-13(22-16(25)24-6-2-3-7-24)9-20-15(23-14)21-10-4-5-11(17)12(18)8-10/h4-5,8-9H,2-3,6-7H2,1H3,(H,22,25)(H2,19,20,21,23). The molecule has 0 unspecified atom stereocenters. The summed E-state index contributed by atoms with van der Waals surface area (Å²) in [5.41, 5.74) is 1.24. The Kier molecular flexibility index (Phi) is 5.45. The highest BCUT2D eigenvalue weighted by Gasteiger charge is 2.19. The molecule has 0 aliphatic carbocycles. The minimum atomic E-state index is -0.136. The number of hydrogen-bond donors (Lipinski definition) is 3. The van der Waals surface area contributed by atoms with Crippen LogP contribution in [0.3, 0.4) is 0 Å². The highest BCUT2D eigenvalue weighted by Crippen LogP contribution is 2.27. The number of likely N-dealkylation sites (tertiary alicyclic amines) is 1. The van der Waals surface area contributed by atoms with Crippen LogP contribution in [0.5, 0.6) is 0 Å². The molecule has 3 N–H and O–H groups in total. The number of halogens is 2. The largest absolute Gasteiger partial charge is 0.371 e. The molecule has 1 aliphatic rings. The molecule has 1 fully saturated rings. The number of amides is 2. The molecule has 2 amide bonds. The fourth-order valence-corrected chi connectivity index (χ4v) is 2.84. The molecular formula is C16H18Cl2N6O. The van der Waals surface area contributed by atoms with Crippen molar-refractivity contribution < 1.29 is 4.79 Å². The van der Waals surface area contributed by atoms with Gasteiger partial charge >= 0.3 is 6.03 Å². The summed E-state index contributed by atoms with van der Waals surface area (Å²) in [4.78, 5) is 22.6. The zero-order valence-electron chi connectivity index (χ0n) is 13.6. The van der Waals surface area contributed by atoms with E-state index >= 15 is 0 Å². The van der Waals surface area contributed by atoms with Gasteiger partial charge in [0.1, 0.15) is 5.69 Å². The summed E-state index contributed by atoms with van der Waals surface area (Å²) >= 11 is 11.9. The summed E-state index contributed by atoms with van der Waals surface area (Å²) in [6.07, 6.45) is 3.64. The van der Waals surface area contributed by atoms with Gasteiger partial charge in [-0.1, -0.05) is 23.2 Å². The molecule has 25 heavy (non-hydrogen) atoms. The van der Waals surface area contributed by atoms with Crippen LogP contribution in [0.15, 0.2) is 24.4 Å². The van der Waals surface area contributed by atoms with Crippen molar-refractivity contribution in [1.82, 2.24) is 14.9 Å². The first-order valence-corrected chi connectivity index (χ1v) is 8.65. The molecule has 1 aromatic carbocycles. The number of nitrogens with one attached hydrogen (secondary N) is 3. The molecule has 1 saturated heterocycles. The van der Waals surface area contributed by atoms with Crippen molar-refractivity contribution in [2.24, 2.45) is 0 Å². The number of hydrogen-bond acceptors (Lipinski definition) is 5. The minimum Gasteiger partial charge on any atom is -0.371 e. The lowest BCUT2D eigenvalue weighted by Gasteiger charge is -2.17. The predicted octanol–water partition coefficient (Wildman–Crippen LogP) is 4.20. The van der Waals surface area contributed by atoms with Gasteiger partial charge < -0.3 is 20.9 Å². The van der Waals surface area contributed by atoms with Crippen molar-refractivity contribution in [3.63, 3.8) is 0 Å². The third kappa shape index (κ3) is 4.24. The molecule has 0 saturated carbocycles. The van der Waals surface area contributed by atoms with E-state index in [9.17, 15) is 4.79 Å². The van der Waals surface area contributed by atoms with Gasteiger partial charge in [-0.05, 0) is 31.0 Å². The summed E-state index contributed by atoms with van der Waals surface area (Å²) in [5, 5.41) is 9.78. The highest BCUT2D eigenvalue weighted by atomic mass is 35.5. The van der Waals surface area contributed by atoms with Crippen molar-refractivity contribution in [2.75, 3.05) is 36.1 Å². The molecule has 2 aromatic rings. The average molecular weight is 381 g/mol. The summed E-state index contributed by atoms with van der Waals surface area (Å²) in [6, 6.07) is 5.02. The van der Waals surface area contributed by atoms with Crippen molar-refractivity contribution >= 4 is 52.4 Å². The summed E-state index contributed by atoms with van der Waals surface area (Å²) in [5.74, 6) is 0.895. The molecule has 132 valence electrons. The van der Waals surface area contributed by atoms with Gasteiger partial charge in [-0.2, -0.15) is 4.98 Å². The van der Waals surface area contributed by atoms with E-state index in [0.29, 0.717) is 33.2 Å². The smallest absolute Gasteiger partial charge is 0.321 e. The van der Waals surface area contributed by atoms with Gasteiger partial charge in [0.05, 0.1) is 16.2 Å². The normalized spacial score (nSPS) is 13.6. The van der Waals surface area contributed by atoms with Gasteiger partial charge in [0, 0.05) is 25.8 Å². The second-order valence-electron chi connectivity index (χ2n) is 5.58. The van der Waals surface area contributed by atoms with Gasteiger partial charge in [-0.3, -0.25) is 0 Å².